The van der Waals surface area contributed by atoms with Gasteiger partial charge in [0.15, 0.2) is 12.2 Å². The maximum Gasteiger partial charge on any atom is 0.355 e. The van der Waals surface area contributed by atoms with Gasteiger partial charge in [0.2, 0.25) is 5.16 Å². The summed E-state index contributed by atoms with van der Waals surface area (Å²) in [7, 11) is 7.22. The van der Waals surface area contributed by atoms with Crippen molar-refractivity contribution >= 4 is 47.3 Å². The molecule has 2 amide bonds. The number of nitrogens with zero attached hydrogens (tertiary/aromatic N) is 6. The largest absolute Gasteiger partial charge is 0.481 e. The first kappa shape index (κ1) is 30.5. The number of esters is 1. The van der Waals surface area contributed by atoms with Gasteiger partial charge >= 0.3 is 11.9 Å². The van der Waals surface area contributed by atoms with Crippen molar-refractivity contribution in [3.63, 3.8) is 0 Å². The SMILES string of the molecule is Cn1nnnc1SCC1=C(C(=O)OC(CC(=O)O)C[N+](C)(C)C)N2C(=O)[C@@H](NC(=O)[C@H](O)c3ccccc3)[C@H]2SC1. The second-order valence-electron chi connectivity index (χ2n) is 10.6. The summed E-state index contributed by atoms with van der Waals surface area (Å²) in [6, 6.07) is 7.37. The molecule has 1 saturated heterocycles. The number of ether oxygens (including phenoxy) is 1. The molecule has 4 atom stereocenters. The summed E-state index contributed by atoms with van der Waals surface area (Å²) in [5.41, 5.74) is 0.992. The first-order chi connectivity index (χ1) is 19.4. The standard InChI is InChI=1S/C25H31N7O7S2/c1-30-25(27-28-29-30)41-13-15-12-40-23-18(26-21(36)20(35)14-8-6-5-7-9-14)22(37)31(23)19(15)24(38)39-16(10-17(33)34)11-32(2,3)4/h5-9,16,18,20,23,35H,10-13H2,1-4H3,(H-,26,33,34,36)/p+1/t16?,18-,20-,23-/m1/s1. The normalized spacial score (nSPS) is 20.1. The molecule has 0 aliphatic carbocycles. The number of tetrazole rings is 1. The third-order valence-corrected chi connectivity index (χ3v) is 8.72. The molecule has 2 aliphatic heterocycles. The van der Waals surface area contributed by atoms with Crippen LogP contribution in [0.2, 0.25) is 0 Å². The monoisotopic (exact) mass is 606 g/mol. The molecule has 220 valence electrons. The molecule has 0 saturated carbocycles. The molecule has 0 spiro atoms. The Hall–Kier alpha value is -3.47. The summed E-state index contributed by atoms with van der Waals surface area (Å²) >= 11 is 2.63. The number of carbonyl (C=O) groups is 4. The van der Waals surface area contributed by atoms with Gasteiger partial charge in [0.1, 0.15) is 23.7 Å². The van der Waals surface area contributed by atoms with E-state index in [0.717, 1.165) is 0 Å². The zero-order chi connectivity index (χ0) is 29.9. The van der Waals surface area contributed by atoms with E-state index in [1.165, 1.54) is 33.1 Å². The molecule has 1 aromatic heterocycles. The number of carboxylic acids is 1. The number of thioether (sulfide) groups is 2. The number of hydrogen-bond acceptors (Lipinski definition) is 11. The minimum atomic E-state index is -1.47. The van der Waals surface area contributed by atoms with Crippen molar-refractivity contribution < 1.29 is 38.6 Å². The van der Waals surface area contributed by atoms with Crippen molar-refractivity contribution in [3.05, 3.63) is 47.2 Å². The van der Waals surface area contributed by atoms with Gasteiger partial charge in [-0.25, -0.2) is 9.48 Å². The second kappa shape index (κ2) is 12.6. The number of aryl methyl sites for hydroxylation is 1. The molecule has 16 heteroatoms. The fourth-order valence-corrected chi connectivity index (χ4v) is 6.79. The maximum absolute atomic E-state index is 13.6. The van der Waals surface area contributed by atoms with Gasteiger partial charge in [-0.2, -0.15) is 0 Å². The fourth-order valence-electron chi connectivity index (χ4n) is 4.45. The Labute approximate surface area is 244 Å². The van der Waals surface area contributed by atoms with Crippen molar-refractivity contribution in [1.82, 2.24) is 30.4 Å². The number of nitrogens with one attached hydrogen (secondary N) is 1. The highest BCUT2D eigenvalue weighted by molar-refractivity contribution is 8.01. The number of benzene rings is 1. The molecule has 0 radical (unpaired) electrons. The molecule has 3 N–H and O–H groups in total. The van der Waals surface area contributed by atoms with Crippen LogP contribution in [0.3, 0.4) is 0 Å². The molecular formula is C25H32N7O7S2+. The Kier molecular flexibility index (Phi) is 9.36. The second-order valence-corrected chi connectivity index (χ2v) is 12.7. The summed E-state index contributed by atoms with van der Waals surface area (Å²) in [6.45, 7) is 0.238. The highest BCUT2D eigenvalue weighted by Crippen LogP contribution is 2.42. The number of fused-ring (bicyclic) bond motifs is 1. The van der Waals surface area contributed by atoms with Gasteiger partial charge in [-0.15, -0.1) is 16.9 Å². The van der Waals surface area contributed by atoms with Gasteiger partial charge in [-0.3, -0.25) is 19.3 Å². The van der Waals surface area contributed by atoms with E-state index in [1.54, 1.807) is 37.4 Å². The van der Waals surface area contributed by atoms with Gasteiger partial charge in [0, 0.05) is 18.6 Å². The zero-order valence-corrected chi connectivity index (χ0v) is 24.6. The number of amides is 2. The van der Waals surface area contributed by atoms with Crippen LogP contribution in [-0.4, -0.2) is 120 Å². The van der Waals surface area contributed by atoms with Crippen LogP contribution in [0.4, 0.5) is 0 Å². The maximum atomic E-state index is 13.6. The first-order valence-electron chi connectivity index (χ1n) is 12.6. The molecule has 1 fully saturated rings. The Morgan fingerprint density at radius 2 is 1.95 bits per heavy atom. The highest BCUT2D eigenvalue weighted by Gasteiger charge is 2.55. The van der Waals surface area contributed by atoms with Gasteiger partial charge in [0.05, 0.1) is 27.6 Å². The molecule has 1 unspecified atom stereocenters. The van der Waals surface area contributed by atoms with E-state index in [4.69, 9.17) is 4.74 Å². The predicted molar refractivity (Wildman–Crippen MR) is 148 cm³/mol. The number of likely N-dealkylation sites (N-methyl/N-ethyl adjacent to an activating group) is 1. The lowest BCUT2D eigenvalue weighted by molar-refractivity contribution is -0.873. The minimum absolute atomic E-state index is 0.0206. The van der Waals surface area contributed by atoms with Gasteiger partial charge < -0.3 is 24.7 Å². The number of rotatable bonds is 12. The number of aliphatic hydroxyl groups excluding tert-OH is 1. The molecule has 4 rings (SSSR count). The van der Waals surface area contributed by atoms with Crippen LogP contribution >= 0.6 is 23.5 Å². The lowest BCUT2D eigenvalue weighted by atomic mass is 10.0. The van der Waals surface area contributed by atoms with Crippen LogP contribution < -0.4 is 5.32 Å². The zero-order valence-electron chi connectivity index (χ0n) is 23.0. The van der Waals surface area contributed by atoms with Crippen molar-refractivity contribution in [2.45, 2.75) is 35.2 Å². The smallest absolute Gasteiger partial charge is 0.355 e. The van der Waals surface area contributed by atoms with Crippen LogP contribution in [0.15, 0.2) is 46.8 Å². The van der Waals surface area contributed by atoms with E-state index in [9.17, 15) is 29.4 Å². The summed E-state index contributed by atoms with van der Waals surface area (Å²) in [5.74, 6) is -2.60. The van der Waals surface area contributed by atoms with Gasteiger partial charge in [0.25, 0.3) is 11.8 Å². The predicted octanol–water partition coefficient (Wildman–Crippen LogP) is -0.217. The van der Waals surface area contributed by atoms with Crippen molar-refractivity contribution in [3.8, 4) is 0 Å². The average Bonchev–Trinajstić information content (AvgIpc) is 3.32. The third-order valence-electron chi connectivity index (χ3n) is 6.29. The molecule has 1 aromatic carbocycles. The number of aliphatic hydroxyl groups is 1. The molecular weight excluding hydrogens is 574 g/mol. The van der Waals surface area contributed by atoms with E-state index in [-0.39, 0.29) is 18.0 Å². The van der Waals surface area contributed by atoms with Crippen LogP contribution in [0, 0.1) is 0 Å². The number of carboxylic acid groups (broad SMARTS) is 1. The number of β-lactam (4-membered cyclic amide) rings is 1. The van der Waals surface area contributed by atoms with E-state index in [1.807, 2.05) is 21.1 Å². The molecule has 14 nitrogen and oxygen atoms in total. The molecule has 0 bridgehead atoms. The third kappa shape index (κ3) is 7.25. The van der Waals surface area contributed by atoms with Crippen molar-refractivity contribution in [2.75, 3.05) is 39.2 Å². The molecule has 2 aliphatic rings. The Morgan fingerprint density at radius 1 is 1.24 bits per heavy atom. The van der Waals surface area contributed by atoms with Crippen molar-refractivity contribution in [2.24, 2.45) is 7.05 Å². The Bertz CT molecular complexity index is 1350. The summed E-state index contributed by atoms with van der Waals surface area (Å²) < 4.78 is 7.53. The Morgan fingerprint density at radius 3 is 2.56 bits per heavy atom. The Balaban J connectivity index is 1.56. The molecule has 41 heavy (non-hydrogen) atoms. The lowest BCUT2D eigenvalue weighted by Gasteiger charge is -2.50. The van der Waals surface area contributed by atoms with E-state index in [0.29, 0.717) is 26.5 Å². The van der Waals surface area contributed by atoms with E-state index in [2.05, 4.69) is 20.8 Å². The number of quaternary nitrogens is 1. The first-order valence-corrected chi connectivity index (χ1v) is 14.7. The van der Waals surface area contributed by atoms with Gasteiger partial charge in [-0.05, 0) is 21.6 Å². The summed E-state index contributed by atoms with van der Waals surface area (Å²) in [4.78, 5) is 52.5. The van der Waals surface area contributed by atoms with Crippen LogP contribution in [0.25, 0.3) is 0 Å². The van der Waals surface area contributed by atoms with Gasteiger partial charge in [-0.1, -0.05) is 42.1 Å². The number of carbonyl (C=O) groups excluding carboxylic acids is 3. The summed E-state index contributed by atoms with van der Waals surface area (Å²) in [5, 5.41) is 33.7. The molecule has 2 aromatic rings. The quantitative estimate of drug-likeness (QED) is 0.126. The number of hydrogen-bond donors (Lipinski definition) is 3. The van der Waals surface area contributed by atoms with E-state index >= 15 is 0 Å². The topological polar surface area (TPSA) is 177 Å². The summed E-state index contributed by atoms with van der Waals surface area (Å²) in [6.07, 6.45) is -2.80. The lowest BCUT2D eigenvalue weighted by Crippen LogP contribution is -2.71. The average molecular weight is 607 g/mol. The molecule has 3 heterocycles. The van der Waals surface area contributed by atoms with Crippen LogP contribution in [0.5, 0.6) is 0 Å². The number of aliphatic carboxylic acids is 1. The van der Waals surface area contributed by atoms with Crippen molar-refractivity contribution in [1.29, 1.82) is 0 Å². The van der Waals surface area contributed by atoms with Crippen LogP contribution in [0.1, 0.15) is 18.1 Å². The van der Waals surface area contributed by atoms with E-state index < -0.39 is 53.8 Å². The fraction of sp³-hybridized carbons (Fsp3) is 0.480. The highest BCUT2D eigenvalue weighted by atomic mass is 32.2. The number of aromatic nitrogens is 4. The minimum Gasteiger partial charge on any atom is -0.481 e. The van der Waals surface area contributed by atoms with Crippen LogP contribution in [-0.2, 0) is 31.0 Å².